The number of benzene rings is 2. The maximum Gasteiger partial charge on any atom is 0.243 e. The third-order valence-corrected chi connectivity index (χ3v) is 7.69. The number of rotatable bonds is 7. The molecule has 1 aliphatic rings. The summed E-state index contributed by atoms with van der Waals surface area (Å²) < 4.78 is 33.3. The molecular weight excluding hydrogens is 426 g/mol. The van der Waals surface area contributed by atoms with E-state index in [9.17, 15) is 13.5 Å². The second-order valence-corrected chi connectivity index (χ2v) is 9.72. The third kappa shape index (κ3) is 4.27. The van der Waals surface area contributed by atoms with Crippen LogP contribution in [0.25, 0.3) is 11.4 Å². The predicted molar refractivity (Wildman–Crippen MR) is 112 cm³/mol. The van der Waals surface area contributed by atoms with Gasteiger partial charge in [0.2, 0.25) is 22.2 Å². The molecule has 1 aromatic heterocycles. The zero-order valence-electron chi connectivity index (χ0n) is 16.2. The van der Waals surface area contributed by atoms with Gasteiger partial charge in [-0.25, -0.2) is 8.42 Å². The standard InChI is InChI=1S/C21H22ClN3O4S/c22-18-8-10-19(11-9-18)30(27,28)25(20-3-1-2-17(20)13-26)12-15-4-6-16(7-5-15)21-23-14-29-24-21/h4-11,14,17,20,26H,1-3,12-13H2/t17-,20-/m1/s1. The monoisotopic (exact) mass is 447 g/mol. The van der Waals surface area contributed by atoms with Crippen molar-refractivity contribution in [2.45, 2.75) is 36.7 Å². The van der Waals surface area contributed by atoms with Crippen molar-refractivity contribution in [2.24, 2.45) is 5.92 Å². The highest BCUT2D eigenvalue weighted by Gasteiger charge is 2.38. The molecule has 0 unspecified atom stereocenters. The molecule has 0 amide bonds. The van der Waals surface area contributed by atoms with Crippen molar-refractivity contribution in [3.8, 4) is 11.4 Å². The molecule has 0 saturated heterocycles. The Bertz CT molecular complexity index is 1070. The van der Waals surface area contributed by atoms with E-state index in [-0.39, 0.29) is 30.0 Å². The molecule has 0 radical (unpaired) electrons. The van der Waals surface area contributed by atoms with E-state index in [4.69, 9.17) is 16.1 Å². The van der Waals surface area contributed by atoms with Crippen molar-refractivity contribution in [1.82, 2.24) is 14.4 Å². The van der Waals surface area contributed by atoms with Crippen LogP contribution in [0.5, 0.6) is 0 Å². The Hall–Kier alpha value is -2.26. The average Bonchev–Trinajstić information content (AvgIpc) is 3.44. The van der Waals surface area contributed by atoms with Gasteiger partial charge in [-0.05, 0) is 48.6 Å². The molecule has 0 aliphatic heterocycles. The molecule has 9 heteroatoms. The van der Waals surface area contributed by atoms with Crippen LogP contribution in [0.3, 0.4) is 0 Å². The number of sulfonamides is 1. The molecule has 7 nitrogen and oxygen atoms in total. The lowest BCUT2D eigenvalue weighted by Crippen LogP contribution is -2.42. The van der Waals surface area contributed by atoms with Gasteiger partial charge >= 0.3 is 0 Å². The van der Waals surface area contributed by atoms with Gasteiger partial charge in [0, 0.05) is 29.8 Å². The van der Waals surface area contributed by atoms with Gasteiger partial charge in [0.25, 0.3) is 0 Å². The van der Waals surface area contributed by atoms with E-state index in [0.717, 1.165) is 30.4 Å². The quantitative estimate of drug-likeness (QED) is 0.592. The summed E-state index contributed by atoms with van der Waals surface area (Å²) in [6.45, 7) is 0.173. The molecule has 0 bridgehead atoms. The van der Waals surface area contributed by atoms with Crippen molar-refractivity contribution in [3.63, 3.8) is 0 Å². The molecule has 30 heavy (non-hydrogen) atoms. The van der Waals surface area contributed by atoms with E-state index in [2.05, 4.69) is 10.1 Å². The number of aliphatic hydroxyl groups is 1. The largest absolute Gasteiger partial charge is 0.396 e. The molecule has 1 N–H and O–H groups in total. The minimum Gasteiger partial charge on any atom is -0.396 e. The van der Waals surface area contributed by atoms with Crippen LogP contribution in [0.2, 0.25) is 5.02 Å². The SMILES string of the molecule is O=S(=O)(c1ccc(Cl)cc1)N(Cc1ccc(-c2ncon2)cc1)[C@@H]1CCC[C@@H]1CO. The Morgan fingerprint density at radius 1 is 1.10 bits per heavy atom. The number of hydrogen-bond donors (Lipinski definition) is 1. The lowest BCUT2D eigenvalue weighted by atomic mass is 10.0. The zero-order valence-corrected chi connectivity index (χ0v) is 17.8. The Morgan fingerprint density at radius 2 is 1.83 bits per heavy atom. The van der Waals surface area contributed by atoms with Gasteiger partial charge in [-0.15, -0.1) is 0 Å². The number of aliphatic hydroxyl groups excluding tert-OH is 1. The first-order valence-corrected chi connectivity index (χ1v) is 11.5. The highest BCUT2D eigenvalue weighted by atomic mass is 35.5. The topological polar surface area (TPSA) is 96.5 Å². The molecule has 0 spiro atoms. The van der Waals surface area contributed by atoms with Crippen molar-refractivity contribution in [1.29, 1.82) is 0 Å². The van der Waals surface area contributed by atoms with Gasteiger partial charge in [0.15, 0.2) is 0 Å². The molecule has 1 saturated carbocycles. The Kier molecular flexibility index (Phi) is 6.19. The summed E-state index contributed by atoms with van der Waals surface area (Å²) in [7, 11) is -3.77. The van der Waals surface area contributed by atoms with Gasteiger partial charge in [-0.3, -0.25) is 0 Å². The second-order valence-electron chi connectivity index (χ2n) is 7.40. The molecule has 1 heterocycles. The summed E-state index contributed by atoms with van der Waals surface area (Å²) in [6.07, 6.45) is 3.68. The average molecular weight is 448 g/mol. The molecule has 2 atom stereocenters. The maximum atomic E-state index is 13.5. The fraction of sp³-hybridized carbons (Fsp3) is 0.333. The van der Waals surface area contributed by atoms with E-state index in [1.54, 1.807) is 12.1 Å². The maximum absolute atomic E-state index is 13.5. The van der Waals surface area contributed by atoms with Crippen molar-refractivity contribution >= 4 is 21.6 Å². The third-order valence-electron chi connectivity index (χ3n) is 5.56. The minimum atomic E-state index is -3.77. The van der Waals surface area contributed by atoms with Crippen molar-refractivity contribution in [2.75, 3.05) is 6.61 Å². The van der Waals surface area contributed by atoms with E-state index in [1.807, 2.05) is 24.3 Å². The van der Waals surface area contributed by atoms with Gasteiger partial charge < -0.3 is 9.63 Å². The van der Waals surface area contributed by atoms with Gasteiger partial charge in [0.1, 0.15) is 0 Å². The van der Waals surface area contributed by atoms with Crippen LogP contribution in [0.4, 0.5) is 0 Å². The number of nitrogens with zero attached hydrogens (tertiary/aromatic N) is 3. The van der Waals surface area contributed by atoms with E-state index in [0.29, 0.717) is 10.8 Å². The normalized spacial score (nSPS) is 19.4. The summed E-state index contributed by atoms with van der Waals surface area (Å²) in [5.41, 5.74) is 1.62. The Balaban J connectivity index is 1.66. The zero-order chi connectivity index (χ0) is 21.1. The fourth-order valence-electron chi connectivity index (χ4n) is 3.97. The minimum absolute atomic E-state index is 0.0337. The lowest BCUT2D eigenvalue weighted by molar-refractivity contribution is 0.166. The van der Waals surface area contributed by atoms with Crippen LogP contribution in [0, 0.1) is 5.92 Å². The molecular formula is C21H22ClN3O4S. The first-order chi connectivity index (χ1) is 14.5. The molecule has 2 aromatic carbocycles. The molecule has 1 aliphatic carbocycles. The molecule has 4 rings (SSSR count). The highest BCUT2D eigenvalue weighted by Crippen LogP contribution is 2.34. The molecule has 1 fully saturated rings. The lowest BCUT2D eigenvalue weighted by Gasteiger charge is -2.32. The van der Waals surface area contributed by atoms with Gasteiger partial charge in [-0.2, -0.15) is 9.29 Å². The van der Waals surface area contributed by atoms with E-state index >= 15 is 0 Å². The number of aromatic nitrogens is 2. The summed E-state index contributed by atoms with van der Waals surface area (Å²) in [5, 5.41) is 14.1. The predicted octanol–water partition coefficient (Wildman–Crippen LogP) is 3.74. The summed E-state index contributed by atoms with van der Waals surface area (Å²) in [6, 6.07) is 13.3. The van der Waals surface area contributed by atoms with Crippen LogP contribution in [-0.2, 0) is 16.6 Å². The van der Waals surface area contributed by atoms with Crippen LogP contribution >= 0.6 is 11.6 Å². The first kappa shape index (κ1) is 21.0. The summed E-state index contributed by atoms with van der Waals surface area (Å²) in [4.78, 5) is 4.22. The summed E-state index contributed by atoms with van der Waals surface area (Å²) >= 11 is 5.94. The fourth-order valence-corrected chi connectivity index (χ4v) is 5.80. The van der Waals surface area contributed by atoms with E-state index in [1.165, 1.54) is 22.8 Å². The summed E-state index contributed by atoms with van der Waals surface area (Å²) in [5.74, 6) is 0.397. The number of hydrogen-bond acceptors (Lipinski definition) is 6. The van der Waals surface area contributed by atoms with Crippen LogP contribution < -0.4 is 0 Å². The van der Waals surface area contributed by atoms with Crippen molar-refractivity contribution in [3.05, 3.63) is 65.5 Å². The van der Waals surface area contributed by atoms with Crippen LogP contribution in [0.1, 0.15) is 24.8 Å². The first-order valence-electron chi connectivity index (χ1n) is 9.73. The Morgan fingerprint density at radius 3 is 2.47 bits per heavy atom. The number of halogens is 1. The van der Waals surface area contributed by atoms with Crippen molar-refractivity contribution < 1.29 is 18.0 Å². The van der Waals surface area contributed by atoms with Gasteiger partial charge in [-0.1, -0.05) is 47.4 Å². The van der Waals surface area contributed by atoms with Gasteiger partial charge in [0.05, 0.1) is 4.90 Å². The molecule has 3 aromatic rings. The Labute approximate surface area is 180 Å². The smallest absolute Gasteiger partial charge is 0.243 e. The molecule has 158 valence electrons. The van der Waals surface area contributed by atoms with Crippen LogP contribution in [-0.4, -0.2) is 40.6 Å². The van der Waals surface area contributed by atoms with Crippen LogP contribution in [0.15, 0.2) is 64.3 Å². The second kappa shape index (κ2) is 8.85. The highest BCUT2D eigenvalue weighted by molar-refractivity contribution is 7.89. The van der Waals surface area contributed by atoms with E-state index < -0.39 is 10.0 Å².